The summed E-state index contributed by atoms with van der Waals surface area (Å²) in [5.74, 6) is 0.287. The molecule has 232 valence electrons. The Hall–Kier alpha value is -1.73. The molecule has 2 fully saturated rings. The van der Waals surface area contributed by atoms with Crippen LogP contribution >= 0.6 is 23.2 Å². The van der Waals surface area contributed by atoms with Gasteiger partial charge in [-0.15, -0.1) is 0 Å². The van der Waals surface area contributed by atoms with Crippen molar-refractivity contribution in [3.05, 3.63) is 58.1 Å². The van der Waals surface area contributed by atoms with Gasteiger partial charge in [-0.2, -0.15) is 0 Å². The van der Waals surface area contributed by atoms with E-state index < -0.39 is 20.0 Å². The Morgan fingerprint density at radius 2 is 1.57 bits per heavy atom. The average Bonchev–Trinajstić information content (AvgIpc) is 2.97. The molecule has 2 saturated heterocycles. The highest BCUT2D eigenvalue weighted by molar-refractivity contribution is 7.89. The lowest BCUT2D eigenvalue weighted by atomic mass is 9.90. The summed E-state index contributed by atoms with van der Waals surface area (Å²) in [6.07, 6.45) is 6.02. The first-order valence-corrected chi connectivity index (χ1v) is 18.4. The van der Waals surface area contributed by atoms with Gasteiger partial charge in [0.05, 0.1) is 21.2 Å². The number of piperidine rings is 2. The van der Waals surface area contributed by atoms with E-state index in [1.807, 2.05) is 18.2 Å². The zero-order valence-corrected chi connectivity index (χ0v) is 27.3. The third kappa shape index (κ3) is 8.68. The minimum absolute atomic E-state index is 0.00575. The number of nitrogens with zero attached hydrogens (tertiary/aromatic N) is 3. The van der Waals surface area contributed by atoms with Crippen LogP contribution in [-0.4, -0.2) is 84.5 Å². The van der Waals surface area contributed by atoms with E-state index in [9.17, 15) is 21.6 Å². The van der Waals surface area contributed by atoms with Gasteiger partial charge < -0.3 is 9.80 Å². The molecule has 0 aliphatic carbocycles. The van der Waals surface area contributed by atoms with Crippen molar-refractivity contribution < 1.29 is 21.6 Å². The minimum atomic E-state index is -3.43. The Labute approximate surface area is 260 Å². The second-order valence-electron chi connectivity index (χ2n) is 11.2. The molecule has 42 heavy (non-hydrogen) atoms. The van der Waals surface area contributed by atoms with Crippen LogP contribution in [0.4, 0.5) is 5.69 Å². The summed E-state index contributed by atoms with van der Waals surface area (Å²) in [5, 5.41) is 0.815. The lowest BCUT2D eigenvalue weighted by molar-refractivity contribution is -0.123. The Kier molecular flexibility index (Phi) is 11.3. The number of sulfonamides is 2. The monoisotopic (exact) mass is 658 g/mol. The van der Waals surface area contributed by atoms with Gasteiger partial charge in [0.25, 0.3) is 0 Å². The fraction of sp³-hybridized carbons (Fsp3) is 0.552. The van der Waals surface area contributed by atoms with Crippen molar-refractivity contribution in [2.24, 2.45) is 11.8 Å². The summed E-state index contributed by atoms with van der Waals surface area (Å²) in [4.78, 5) is 18.2. The van der Waals surface area contributed by atoms with E-state index >= 15 is 0 Å². The molecule has 9 nitrogen and oxygen atoms in total. The predicted molar refractivity (Wildman–Crippen MR) is 168 cm³/mol. The maximum Gasteiger partial charge on any atom is 0.240 e. The summed E-state index contributed by atoms with van der Waals surface area (Å²) in [7, 11) is -5.29. The van der Waals surface area contributed by atoms with Crippen molar-refractivity contribution in [3.63, 3.8) is 0 Å². The second-order valence-corrected chi connectivity index (χ2v) is 15.9. The van der Waals surface area contributed by atoms with Crippen LogP contribution in [-0.2, 0) is 31.3 Å². The molecule has 0 aromatic heterocycles. The van der Waals surface area contributed by atoms with Crippen LogP contribution in [0.25, 0.3) is 0 Å². The summed E-state index contributed by atoms with van der Waals surface area (Å²) in [5.41, 5.74) is 1.84. The van der Waals surface area contributed by atoms with Gasteiger partial charge >= 0.3 is 0 Å². The first-order chi connectivity index (χ1) is 19.9. The van der Waals surface area contributed by atoms with Gasteiger partial charge in [-0.25, -0.2) is 25.9 Å². The van der Waals surface area contributed by atoms with Crippen LogP contribution in [0.2, 0.25) is 10.0 Å². The maximum atomic E-state index is 13.7. The molecule has 0 radical (unpaired) electrons. The van der Waals surface area contributed by atoms with Gasteiger partial charge in [0, 0.05) is 31.2 Å². The fourth-order valence-corrected chi connectivity index (χ4v) is 7.69. The van der Waals surface area contributed by atoms with Crippen molar-refractivity contribution >= 4 is 54.8 Å². The average molecular weight is 660 g/mol. The normalized spacial score (nSPS) is 18.3. The molecule has 4 rings (SSSR count). The van der Waals surface area contributed by atoms with Crippen LogP contribution in [0, 0.1) is 11.8 Å². The minimum Gasteiger partial charge on any atom is -0.312 e. The van der Waals surface area contributed by atoms with Crippen molar-refractivity contribution in [1.82, 2.24) is 13.9 Å². The molecule has 2 aliphatic heterocycles. The van der Waals surface area contributed by atoms with Crippen LogP contribution < -0.4 is 9.62 Å². The zero-order chi connectivity index (χ0) is 30.5. The summed E-state index contributed by atoms with van der Waals surface area (Å²) in [6.45, 7) is 4.03. The number of hydrogen-bond acceptors (Lipinski definition) is 6. The molecule has 0 spiro atoms. The molecule has 2 heterocycles. The number of carbonyl (C=O) groups is 1. The van der Waals surface area contributed by atoms with Gasteiger partial charge in [0.15, 0.2) is 0 Å². The van der Waals surface area contributed by atoms with Gasteiger partial charge in [-0.1, -0.05) is 35.3 Å². The van der Waals surface area contributed by atoms with Crippen LogP contribution in [0.15, 0.2) is 47.4 Å². The van der Waals surface area contributed by atoms with Crippen molar-refractivity contribution in [2.45, 2.75) is 43.4 Å². The van der Waals surface area contributed by atoms with E-state index in [0.29, 0.717) is 54.1 Å². The van der Waals surface area contributed by atoms with Crippen molar-refractivity contribution in [1.29, 1.82) is 0 Å². The number of carbonyl (C=O) groups excluding carboxylic acids is 1. The molecule has 0 unspecified atom stereocenters. The molecule has 0 atom stereocenters. The SMILES string of the molecule is CNS(=O)(=O)c1ccc(CC2CCN(CCCN(C(=O)C3CCN(S(C)(=O)=O)CC3)c3ccc(Cl)c(Cl)c3)CC2)cc1. The Bertz CT molecular complexity index is 1440. The number of nitrogens with one attached hydrogen (secondary N) is 1. The van der Waals surface area contributed by atoms with E-state index in [0.717, 1.165) is 50.9 Å². The molecular formula is C29H40Cl2N4O5S2. The molecule has 1 N–H and O–H groups in total. The highest BCUT2D eigenvalue weighted by Crippen LogP contribution is 2.30. The zero-order valence-electron chi connectivity index (χ0n) is 24.1. The number of likely N-dealkylation sites (tertiary alicyclic amines) is 1. The number of rotatable bonds is 11. The van der Waals surface area contributed by atoms with E-state index in [1.165, 1.54) is 17.6 Å². The Morgan fingerprint density at radius 3 is 2.14 bits per heavy atom. The maximum absolute atomic E-state index is 13.7. The summed E-state index contributed by atoms with van der Waals surface area (Å²) >= 11 is 12.4. The largest absolute Gasteiger partial charge is 0.312 e. The molecule has 2 aromatic rings. The standard InChI is InChI=1S/C29H40Cl2N4O5S2/c1-32-42(39,40)26-7-4-22(5-8-26)20-23-10-16-33(17-11-23)14-3-15-35(25-6-9-27(30)28(31)21-25)29(36)24-12-18-34(19-13-24)41(2,37)38/h4-9,21,23-24,32H,3,10-20H2,1-2H3. The molecule has 2 aliphatic rings. The lowest BCUT2D eigenvalue weighted by Crippen LogP contribution is -2.45. The predicted octanol–water partition coefficient (Wildman–Crippen LogP) is 4.25. The topological polar surface area (TPSA) is 107 Å². The summed E-state index contributed by atoms with van der Waals surface area (Å²) in [6, 6.07) is 12.3. The van der Waals surface area contributed by atoms with Crippen molar-refractivity contribution in [3.8, 4) is 0 Å². The van der Waals surface area contributed by atoms with E-state index in [-0.39, 0.29) is 16.7 Å². The molecular weight excluding hydrogens is 619 g/mol. The van der Waals surface area contributed by atoms with Crippen LogP contribution in [0.1, 0.15) is 37.7 Å². The third-order valence-electron chi connectivity index (χ3n) is 8.34. The van der Waals surface area contributed by atoms with Crippen LogP contribution in [0.3, 0.4) is 0 Å². The first-order valence-electron chi connectivity index (χ1n) is 14.3. The van der Waals surface area contributed by atoms with Gasteiger partial charge in [-0.05, 0) is 107 Å². The number of halogens is 2. The fourth-order valence-electron chi connectivity index (χ4n) is 5.80. The van der Waals surface area contributed by atoms with Gasteiger partial charge in [0.1, 0.15) is 0 Å². The van der Waals surface area contributed by atoms with Gasteiger partial charge in [-0.3, -0.25) is 4.79 Å². The number of hydrogen-bond donors (Lipinski definition) is 1. The van der Waals surface area contributed by atoms with E-state index in [2.05, 4.69) is 9.62 Å². The highest BCUT2D eigenvalue weighted by Gasteiger charge is 2.32. The number of benzene rings is 2. The number of amides is 1. The highest BCUT2D eigenvalue weighted by atomic mass is 35.5. The molecule has 13 heteroatoms. The molecule has 0 saturated carbocycles. The molecule has 0 bridgehead atoms. The Morgan fingerprint density at radius 1 is 0.929 bits per heavy atom. The first kappa shape index (κ1) is 33.2. The Balaban J connectivity index is 1.30. The quantitative estimate of drug-likeness (QED) is 0.387. The number of anilines is 1. The van der Waals surface area contributed by atoms with Gasteiger partial charge in [0.2, 0.25) is 26.0 Å². The van der Waals surface area contributed by atoms with Crippen molar-refractivity contribution in [2.75, 3.05) is 57.5 Å². The van der Waals surface area contributed by atoms with E-state index in [1.54, 1.807) is 29.2 Å². The second kappa shape index (κ2) is 14.4. The molecule has 2 aromatic carbocycles. The summed E-state index contributed by atoms with van der Waals surface area (Å²) < 4.78 is 51.6. The van der Waals surface area contributed by atoms with E-state index in [4.69, 9.17) is 23.2 Å². The smallest absolute Gasteiger partial charge is 0.240 e. The molecule has 1 amide bonds. The van der Waals surface area contributed by atoms with Crippen LogP contribution in [0.5, 0.6) is 0 Å². The third-order valence-corrected chi connectivity index (χ3v) is 11.8. The lowest BCUT2D eigenvalue weighted by Gasteiger charge is -2.35.